The van der Waals surface area contributed by atoms with Gasteiger partial charge in [-0.2, -0.15) is 5.10 Å². The van der Waals surface area contributed by atoms with E-state index in [1.165, 1.54) is 7.11 Å². The summed E-state index contributed by atoms with van der Waals surface area (Å²) in [6, 6.07) is 0. The van der Waals surface area contributed by atoms with E-state index in [2.05, 4.69) is 9.84 Å². The standard InChI is InChI=1S/C13H20N2O4S/c1-15-9-11(8-14-15)3-6-20(17,18)10-13(4-5-13)7-12(16)19-2/h8-9H,3-7,10H2,1-2H3. The van der Waals surface area contributed by atoms with Crippen LogP contribution in [0.2, 0.25) is 0 Å². The van der Waals surface area contributed by atoms with Gasteiger partial charge in [0.15, 0.2) is 9.84 Å². The highest BCUT2D eigenvalue weighted by Crippen LogP contribution is 2.50. The fourth-order valence-electron chi connectivity index (χ4n) is 2.34. The number of nitrogens with zero attached hydrogens (tertiary/aromatic N) is 2. The molecule has 7 heteroatoms. The summed E-state index contributed by atoms with van der Waals surface area (Å²) in [5, 5.41) is 4.02. The number of hydrogen-bond acceptors (Lipinski definition) is 5. The zero-order chi connectivity index (χ0) is 14.8. The summed E-state index contributed by atoms with van der Waals surface area (Å²) < 4.78 is 30.6. The van der Waals surface area contributed by atoms with Crippen LogP contribution in [0.1, 0.15) is 24.8 Å². The minimum Gasteiger partial charge on any atom is -0.469 e. The zero-order valence-electron chi connectivity index (χ0n) is 11.8. The first kappa shape index (κ1) is 15.0. The number of ether oxygens (including phenoxy) is 1. The second kappa shape index (κ2) is 5.55. The van der Waals surface area contributed by atoms with Crippen molar-refractivity contribution >= 4 is 15.8 Å². The Hall–Kier alpha value is -1.37. The maximum atomic E-state index is 12.2. The molecule has 0 unspecified atom stereocenters. The van der Waals surface area contributed by atoms with E-state index in [-0.39, 0.29) is 29.3 Å². The maximum Gasteiger partial charge on any atom is 0.306 e. The Morgan fingerprint density at radius 2 is 2.20 bits per heavy atom. The fourth-order valence-corrected chi connectivity index (χ4v) is 4.36. The molecule has 0 saturated heterocycles. The van der Waals surface area contributed by atoms with Gasteiger partial charge in [0.25, 0.3) is 0 Å². The second-order valence-corrected chi connectivity index (χ2v) is 7.80. The Morgan fingerprint density at radius 1 is 1.50 bits per heavy atom. The number of aromatic nitrogens is 2. The summed E-state index contributed by atoms with van der Waals surface area (Å²) >= 11 is 0. The van der Waals surface area contributed by atoms with E-state index in [0.717, 1.165) is 18.4 Å². The Balaban J connectivity index is 1.89. The molecule has 2 rings (SSSR count). The van der Waals surface area contributed by atoms with Crippen LogP contribution in [-0.2, 0) is 32.8 Å². The summed E-state index contributed by atoms with van der Waals surface area (Å²) in [5.41, 5.74) is 0.537. The third-order valence-electron chi connectivity index (χ3n) is 3.69. The molecule has 1 aliphatic carbocycles. The number of hydrogen-bond donors (Lipinski definition) is 0. The van der Waals surface area contributed by atoms with E-state index in [9.17, 15) is 13.2 Å². The molecule has 0 bridgehead atoms. The zero-order valence-corrected chi connectivity index (χ0v) is 12.6. The van der Waals surface area contributed by atoms with Gasteiger partial charge in [-0.15, -0.1) is 0 Å². The van der Waals surface area contributed by atoms with Gasteiger partial charge in [0.1, 0.15) is 0 Å². The van der Waals surface area contributed by atoms with E-state index in [4.69, 9.17) is 0 Å². The number of rotatable bonds is 7. The van der Waals surface area contributed by atoms with Gasteiger partial charge in [0, 0.05) is 13.2 Å². The van der Waals surface area contributed by atoms with E-state index in [1.54, 1.807) is 17.9 Å². The predicted octanol–water partition coefficient (Wildman–Crippen LogP) is 0.721. The van der Waals surface area contributed by atoms with Crippen molar-refractivity contribution in [1.82, 2.24) is 9.78 Å². The second-order valence-electron chi connectivity index (χ2n) is 5.62. The minimum atomic E-state index is -3.16. The Bertz CT molecular complexity index is 587. The smallest absolute Gasteiger partial charge is 0.306 e. The molecule has 1 heterocycles. The van der Waals surface area contributed by atoms with Gasteiger partial charge in [-0.1, -0.05) is 0 Å². The molecule has 1 fully saturated rings. The van der Waals surface area contributed by atoms with E-state index in [0.29, 0.717) is 6.42 Å². The maximum absolute atomic E-state index is 12.2. The monoisotopic (exact) mass is 300 g/mol. The molecule has 0 aliphatic heterocycles. The molecule has 0 atom stereocenters. The van der Waals surface area contributed by atoms with Crippen LogP contribution in [0.15, 0.2) is 12.4 Å². The number of aryl methyl sites for hydroxylation is 2. The van der Waals surface area contributed by atoms with Crippen molar-refractivity contribution in [3.8, 4) is 0 Å². The molecule has 0 radical (unpaired) electrons. The van der Waals surface area contributed by atoms with Crippen molar-refractivity contribution in [2.75, 3.05) is 18.6 Å². The Morgan fingerprint density at radius 3 is 2.70 bits per heavy atom. The highest BCUT2D eigenvalue weighted by atomic mass is 32.2. The third-order valence-corrected chi connectivity index (χ3v) is 5.57. The molecule has 6 nitrogen and oxygen atoms in total. The van der Waals surface area contributed by atoms with Crippen molar-refractivity contribution in [2.45, 2.75) is 25.7 Å². The first-order valence-electron chi connectivity index (χ1n) is 6.59. The number of esters is 1. The highest BCUT2D eigenvalue weighted by Gasteiger charge is 2.47. The van der Waals surface area contributed by atoms with Gasteiger partial charge in [-0.25, -0.2) is 8.42 Å². The molecule has 20 heavy (non-hydrogen) atoms. The first-order chi connectivity index (χ1) is 9.34. The SMILES string of the molecule is COC(=O)CC1(CS(=O)(=O)CCc2cnn(C)c2)CC1. The summed E-state index contributed by atoms with van der Waals surface area (Å²) in [5.74, 6) is -0.151. The van der Waals surface area contributed by atoms with Crippen LogP contribution in [0.25, 0.3) is 0 Å². The van der Waals surface area contributed by atoms with Crippen molar-refractivity contribution in [1.29, 1.82) is 0 Å². The van der Waals surface area contributed by atoms with Crippen molar-refractivity contribution in [3.63, 3.8) is 0 Å². The molecule has 0 N–H and O–H groups in total. The van der Waals surface area contributed by atoms with E-state index < -0.39 is 9.84 Å². The molecule has 1 aliphatic rings. The predicted molar refractivity (Wildman–Crippen MR) is 73.9 cm³/mol. The van der Waals surface area contributed by atoms with Gasteiger partial charge in [0.05, 0.1) is 31.2 Å². The number of methoxy groups -OCH3 is 1. The number of carbonyl (C=O) groups is 1. The van der Waals surface area contributed by atoms with Gasteiger partial charge in [-0.05, 0) is 30.2 Å². The number of sulfone groups is 1. The van der Waals surface area contributed by atoms with Crippen LogP contribution >= 0.6 is 0 Å². The quantitative estimate of drug-likeness (QED) is 0.693. The van der Waals surface area contributed by atoms with Crippen LogP contribution in [0.5, 0.6) is 0 Å². The molecular formula is C13H20N2O4S. The van der Waals surface area contributed by atoms with E-state index >= 15 is 0 Å². The molecule has 0 amide bonds. The first-order valence-corrected chi connectivity index (χ1v) is 8.41. The number of carbonyl (C=O) groups excluding carboxylic acids is 1. The summed E-state index contributed by atoms with van der Waals surface area (Å²) in [7, 11) is -0.0365. The average Bonchev–Trinajstić information content (AvgIpc) is 2.96. The average molecular weight is 300 g/mol. The van der Waals surface area contributed by atoms with Crippen LogP contribution in [0.4, 0.5) is 0 Å². The van der Waals surface area contributed by atoms with Crippen molar-refractivity contribution in [2.24, 2.45) is 12.5 Å². The van der Waals surface area contributed by atoms with Gasteiger partial charge >= 0.3 is 5.97 Å². The van der Waals surface area contributed by atoms with E-state index in [1.807, 2.05) is 6.20 Å². The fraction of sp³-hybridized carbons (Fsp3) is 0.692. The van der Waals surface area contributed by atoms with Gasteiger partial charge in [-0.3, -0.25) is 9.48 Å². The topological polar surface area (TPSA) is 78.3 Å². The molecule has 0 spiro atoms. The molecule has 112 valence electrons. The molecule has 0 aromatic carbocycles. The molecule has 1 aromatic heterocycles. The normalized spacial score (nSPS) is 16.9. The largest absolute Gasteiger partial charge is 0.469 e. The van der Waals surface area contributed by atoms with Crippen LogP contribution in [0, 0.1) is 5.41 Å². The lowest BCUT2D eigenvalue weighted by atomic mass is 10.1. The van der Waals surface area contributed by atoms with Crippen LogP contribution in [-0.4, -0.2) is 42.8 Å². The van der Waals surface area contributed by atoms with Gasteiger partial charge in [0.2, 0.25) is 0 Å². The van der Waals surface area contributed by atoms with Crippen molar-refractivity contribution in [3.05, 3.63) is 18.0 Å². The minimum absolute atomic E-state index is 0.0787. The summed E-state index contributed by atoms with van der Waals surface area (Å²) in [6.07, 6.45) is 5.73. The lowest BCUT2D eigenvalue weighted by molar-refractivity contribution is -0.141. The lowest BCUT2D eigenvalue weighted by Gasteiger charge is -2.13. The summed E-state index contributed by atoms with van der Waals surface area (Å²) in [4.78, 5) is 11.3. The van der Waals surface area contributed by atoms with Gasteiger partial charge < -0.3 is 4.74 Å². The molecular weight excluding hydrogens is 280 g/mol. The van der Waals surface area contributed by atoms with Crippen LogP contribution < -0.4 is 0 Å². The third kappa shape index (κ3) is 4.06. The molecule has 1 saturated carbocycles. The lowest BCUT2D eigenvalue weighted by Crippen LogP contribution is -2.23. The Labute approximate surface area is 119 Å². The Kier molecular flexibility index (Phi) is 4.17. The highest BCUT2D eigenvalue weighted by molar-refractivity contribution is 7.91. The van der Waals surface area contributed by atoms with Crippen molar-refractivity contribution < 1.29 is 17.9 Å². The summed E-state index contributed by atoms with van der Waals surface area (Å²) in [6.45, 7) is 0. The molecule has 1 aromatic rings. The van der Waals surface area contributed by atoms with Crippen LogP contribution in [0.3, 0.4) is 0 Å².